The largest absolute Gasteiger partial charge is 0.506 e. The molecule has 0 atom stereocenters. The molecule has 0 unspecified atom stereocenters. The summed E-state index contributed by atoms with van der Waals surface area (Å²) in [5, 5.41) is 9.61. The van der Waals surface area contributed by atoms with Crippen LogP contribution in [0.25, 0.3) is 0 Å². The second-order valence-electron chi connectivity index (χ2n) is 4.62. The Balaban J connectivity index is 2.21. The molecule has 0 radical (unpaired) electrons. The van der Waals surface area contributed by atoms with Gasteiger partial charge in [-0.2, -0.15) is 0 Å². The average Bonchev–Trinajstić information content (AvgIpc) is 2.32. The van der Waals surface area contributed by atoms with E-state index in [0.29, 0.717) is 5.75 Å². The molecule has 0 amide bonds. The quantitative estimate of drug-likeness (QED) is 0.704. The topological polar surface area (TPSA) is 36.4 Å². The summed E-state index contributed by atoms with van der Waals surface area (Å²) in [6.45, 7) is 4.02. The fraction of sp³-hybridized carbons (Fsp3) is 0.643. The predicted octanol–water partition coefficient (Wildman–Crippen LogP) is 3.19. The first-order valence-corrected chi connectivity index (χ1v) is 6.55. The Bertz CT molecular complexity index is 315. The molecule has 0 aliphatic heterocycles. The molecule has 17 heavy (non-hydrogen) atoms. The van der Waals surface area contributed by atoms with E-state index in [2.05, 4.69) is 23.9 Å². The molecular formula is C14H24N2O. The lowest BCUT2D eigenvalue weighted by molar-refractivity contribution is 0.306. The van der Waals surface area contributed by atoms with E-state index in [1.807, 2.05) is 0 Å². The summed E-state index contributed by atoms with van der Waals surface area (Å²) in [7, 11) is 2.08. The van der Waals surface area contributed by atoms with E-state index in [0.717, 1.165) is 18.8 Å². The first kappa shape index (κ1) is 14.0. The number of pyridine rings is 1. The maximum atomic E-state index is 9.61. The van der Waals surface area contributed by atoms with Crippen LogP contribution in [0.5, 0.6) is 5.75 Å². The van der Waals surface area contributed by atoms with Crippen molar-refractivity contribution in [2.45, 2.75) is 45.6 Å². The normalized spacial score (nSPS) is 11.0. The molecule has 96 valence electrons. The molecule has 1 heterocycles. The van der Waals surface area contributed by atoms with Crippen molar-refractivity contribution in [1.29, 1.82) is 0 Å². The molecule has 1 N–H and O–H groups in total. The number of hydrogen-bond acceptors (Lipinski definition) is 3. The van der Waals surface area contributed by atoms with Gasteiger partial charge >= 0.3 is 0 Å². The molecule has 0 spiro atoms. The minimum Gasteiger partial charge on any atom is -0.506 e. The predicted molar refractivity (Wildman–Crippen MR) is 71.0 cm³/mol. The summed E-state index contributed by atoms with van der Waals surface area (Å²) >= 11 is 0. The van der Waals surface area contributed by atoms with E-state index in [1.165, 1.54) is 32.1 Å². The van der Waals surface area contributed by atoms with E-state index in [4.69, 9.17) is 0 Å². The van der Waals surface area contributed by atoms with Crippen LogP contribution >= 0.6 is 0 Å². The van der Waals surface area contributed by atoms with Crippen LogP contribution in [0.4, 0.5) is 0 Å². The molecule has 1 aromatic heterocycles. The Kier molecular flexibility index (Phi) is 6.63. The molecule has 3 nitrogen and oxygen atoms in total. The van der Waals surface area contributed by atoms with Gasteiger partial charge < -0.3 is 10.0 Å². The fourth-order valence-corrected chi connectivity index (χ4v) is 1.87. The van der Waals surface area contributed by atoms with E-state index in [1.54, 1.807) is 18.3 Å². The van der Waals surface area contributed by atoms with Crippen molar-refractivity contribution in [1.82, 2.24) is 9.88 Å². The zero-order chi connectivity index (χ0) is 12.5. The van der Waals surface area contributed by atoms with Crippen LogP contribution in [0, 0.1) is 0 Å². The summed E-state index contributed by atoms with van der Waals surface area (Å²) < 4.78 is 0. The van der Waals surface area contributed by atoms with Gasteiger partial charge in [0.05, 0.1) is 5.69 Å². The Hall–Kier alpha value is -1.09. The molecule has 0 aliphatic carbocycles. The fourth-order valence-electron chi connectivity index (χ4n) is 1.87. The van der Waals surface area contributed by atoms with Crippen LogP contribution in [-0.4, -0.2) is 28.6 Å². The van der Waals surface area contributed by atoms with Crippen LogP contribution in [0.2, 0.25) is 0 Å². The number of nitrogens with zero attached hydrogens (tertiary/aromatic N) is 2. The summed E-state index contributed by atoms with van der Waals surface area (Å²) in [5.41, 5.74) is 0.767. The van der Waals surface area contributed by atoms with Gasteiger partial charge in [-0.25, -0.2) is 0 Å². The molecular weight excluding hydrogens is 212 g/mol. The van der Waals surface area contributed by atoms with Crippen molar-refractivity contribution in [3.63, 3.8) is 0 Å². The first-order chi connectivity index (χ1) is 8.24. The van der Waals surface area contributed by atoms with Crippen LogP contribution in [0.15, 0.2) is 18.3 Å². The third-order valence-corrected chi connectivity index (χ3v) is 2.93. The highest BCUT2D eigenvalue weighted by Crippen LogP contribution is 2.14. The third-order valence-electron chi connectivity index (χ3n) is 2.93. The van der Waals surface area contributed by atoms with Gasteiger partial charge in [-0.05, 0) is 32.1 Å². The Morgan fingerprint density at radius 3 is 2.71 bits per heavy atom. The SMILES string of the molecule is CCCCCCCN(C)Cc1ncccc1O. The number of hydrogen-bond donors (Lipinski definition) is 1. The van der Waals surface area contributed by atoms with Crippen LogP contribution < -0.4 is 0 Å². The average molecular weight is 236 g/mol. The lowest BCUT2D eigenvalue weighted by Gasteiger charge is -2.16. The highest BCUT2D eigenvalue weighted by Gasteiger charge is 2.05. The maximum Gasteiger partial charge on any atom is 0.138 e. The standard InChI is InChI=1S/C14H24N2O/c1-3-4-5-6-7-11-16(2)12-13-14(17)9-8-10-15-13/h8-10,17H,3-7,11-12H2,1-2H3. The highest BCUT2D eigenvalue weighted by atomic mass is 16.3. The monoisotopic (exact) mass is 236 g/mol. The van der Waals surface area contributed by atoms with E-state index >= 15 is 0 Å². The van der Waals surface area contributed by atoms with Crippen molar-refractivity contribution in [3.05, 3.63) is 24.0 Å². The number of aromatic hydroxyl groups is 1. The molecule has 0 aliphatic rings. The molecule has 0 saturated heterocycles. The van der Waals surface area contributed by atoms with Crippen LogP contribution in [0.1, 0.15) is 44.7 Å². The second kappa shape index (κ2) is 8.07. The smallest absolute Gasteiger partial charge is 0.138 e. The number of rotatable bonds is 8. The third kappa shape index (κ3) is 5.68. The van der Waals surface area contributed by atoms with Gasteiger partial charge in [0.1, 0.15) is 5.75 Å². The summed E-state index contributed by atoms with van der Waals surface area (Å²) in [6, 6.07) is 3.45. The minimum atomic E-state index is 0.297. The van der Waals surface area contributed by atoms with Crippen molar-refractivity contribution < 1.29 is 5.11 Å². The summed E-state index contributed by atoms with van der Waals surface area (Å²) in [6.07, 6.45) is 8.21. The summed E-state index contributed by atoms with van der Waals surface area (Å²) in [5.74, 6) is 0.297. The first-order valence-electron chi connectivity index (χ1n) is 6.55. The zero-order valence-corrected chi connectivity index (χ0v) is 11.0. The molecule has 0 bridgehead atoms. The molecule has 3 heteroatoms. The van der Waals surface area contributed by atoms with Gasteiger partial charge in [-0.1, -0.05) is 32.6 Å². The summed E-state index contributed by atoms with van der Waals surface area (Å²) in [4.78, 5) is 6.40. The second-order valence-corrected chi connectivity index (χ2v) is 4.62. The molecule has 0 saturated carbocycles. The van der Waals surface area contributed by atoms with Crippen LogP contribution in [0.3, 0.4) is 0 Å². The van der Waals surface area contributed by atoms with Crippen molar-refractivity contribution >= 4 is 0 Å². The van der Waals surface area contributed by atoms with Gasteiger partial charge in [0.15, 0.2) is 0 Å². The Morgan fingerprint density at radius 1 is 1.24 bits per heavy atom. The van der Waals surface area contributed by atoms with E-state index in [9.17, 15) is 5.11 Å². The molecule has 1 aromatic rings. The maximum absolute atomic E-state index is 9.61. The van der Waals surface area contributed by atoms with Crippen molar-refractivity contribution in [2.75, 3.05) is 13.6 Å². The molecule has 0 fully saturated rings. The van der Waals surface area contributed by atoms with Gasteiger partial charge in [-0.3, -0.25) is 4.98 Å². The lowest BCUT2D eigenvalue weighted by atomic mass is 10.1. The number of unbranched alkanes of at least 4 members (excludes halogenated alkanes) is 4. The van der Waals surface area contributed by atoms with E-state index in [-0.39, 0.29) is 0 Å². The zero-order valence-electron chi connectivity index (χ0n) is 11.0. The van der Waals surface area contributed by atoms with Crippen molar-refractivity contribution in [3.8, 4) is 5.75 Å². The van der Waals surface area contributed by atoms with Gasteiger partial charge in [-0.15, -0.1) is 0 Å². The van der Waals surface area contributed by atoms with E-state index < -0.39 is 0 Å². The lowest BCUT2D eigenvalue weighted by Crippen LogP contribution is -2.19. The van der Waals surface area contributed by atoms with Crippen LogP contribution in [-0.2, 0) is 6.54 Å². The minimum absolute atomic E-state index is 0.297. The van der Waals surface area contributed by atoms with Gasteiger partial charge in [0, 0.05) is 12.7 Å². The Labute approximate surface area is 104 Å². The van der Waals surface area contributed by atoms with Crippen molar-refractivity contribution in [2.24, 2.45) is 0 Å². The van der Waals surface area contributed by atoms with Gasteiger partial charge in [0.25, 0.3) is 0 Å². The number of aromatic nitrogens is 1. The molecule has 0 aromatic carbocycles. The highest BCUT2D eigenvalue weighted by molar-refractivity contribution is 5.24. The Morgan fingerprint density at radius 2 is 2.00 bits per heavy atom. The molecule has 1 rings (SSSR count). The van der Waals surface area contributed by atoms with Gasteiger partial charge in [0.2, 0.25) is 0 Å².